The molecule has 0 bridgehead atoms. The van der Waals surface area contributed by atoms with Gasteiger partial charge in [0.2, 0.25) is 0 Å². The molecule has 1 unspecified atom stereocenters. The molecule has 4 rings (SSSR count). The van der Waals surface area contributed by atoms with E-state index in [-0.39, 0.29) is 6.04 Å². The first-order valence-corrected chi connectivity index (χ1v) is 9.07. The lowest BCUT2D eigenvalue weighted by Gasteiger charge is -2.21. The number of nitrogens with zero attached hydrogens (tertiary/aromatic N) is 4. The fourth-order valence-electron chi connectivity index (χ4n) is 3.26. The smallest absolute Gasteiger partial charge is 0.157 e. The second-order valence-corrected chi connectivity index (χ2v) is 7.49. The lowest BCUT2D eigenvalue weighted by atomic mass is 10.1. The molecule has 0 spiro atoms. The second-order valence-electron chi connectivity index (χ2n) is 7.49. The number of rotatable bonds is 5. The van der Waals surface area contributed by atoms with Gasteiger partial charge in [-0.15, -0.1) is 0 Å². The second kappa shape index (κ2) is 6.14. The van der Waals surface area contributed by atoms with Crippen LogP contribution in [-0.2, 0) is 0 Å². The van der Waals surface area contributed by atoms with E-state index in [0.717, 1.165) is 28.5 Å². The SMILES string of the molecule is Cc1ccnc(C(Nc2cc(C(C)C)nc3cc(C)nn23)C2CC2)c1. The van der Waals surface area contributed by atoms with Gasteiger partial charge in [0, 0.05) is 24.0 Å². The summed E-state index contributed by atoms with van der Waals surface area (Å²) in [6.45, 7) is 8.47. The molecule has 3 aromatic heterocycles. The van der Waals surface area contributed by atoms with Gasteiger partial charge in [-0.05, 0) is 56.2 Å². The predicted octanol–water partition coefficient (Wildman–Crippen LogP) is 4.43. The number of aryl methyl sites for hydroxylation is 2. The number of hydrogen-bond donors (Lipinski definition) is 1. The number of nitrogens with one attached hydrogen (secondary N) is 1. The van der Waals surface area contributed by atoms with Crippen LogP contribution in [0.25, 0.3) is 5.65 Å². The predicted molar refractivity (Wildman–Crippen MR) is 99.9 cm³/mol. The fraction of sp³-hybridized carbons (Fsp3) is 0.450. The third-order valence-corrected chi connectivity index (χ3v) is 4.81. The third kappa shape index (κ3) is 3.23. The van der Waals surface area contributed by atoms with Crippen LogP contribution in [-0.4, -0.2) is 19.6 Å². The number of pyridine rings is 1. The molecule has 5 heteroatoms. The summed E-state index contributed by atoms with van der Waals surface area (Å²) in [5, 5.41) is 8.36. The van der Waals surface area contributed by atoms with Crippen molar-refractivity contribution in [3.05, 3.63) is 53.1 Å². The van der Waals surface area contributed by atoms with Crippen molar-refractivity contribution in [2.45, 2.75) is 52.5 Å². The average molecular weight is 335 g/mol. The molecule has 1 aliphatic carbocycles. The van der Waals surface area contributed by atoms with Gasteiger partial charge in [-0.3, -0.25) is 4.98 Å². The normalized spacial score (nSPS) is 15.7. The number of anilines is 1. The molecule has 0 aliphatic heterocycles. The van der Waals surface area contributed by atoms with Crippen LogP contribution in [0.15, 0.2) is 30.5 Å². The monoisotopic (exact) mass is 335 g/mol. The fourth-order valence-corrected chi connectivity index (χ4v) is 3.26. The van der Waals surface area contributed by atoms with E-state index in [9.17, 15) is 0 Å². The van der Waals surface area contributed by atoms with E-state index >= 15 is 0 Å². The van der Waals surface area contributed by atoms with Crippen molar-refractivity contribution in [2.24, 2.45) is 5.92 Å². The van der Waals surface area contributed by atoms with E-state index in [1.807, 2.05) is 29.8 Å². The topological polar surface area (TPSA) is 55.1 Å². The molecule has 1 aliphatic rings. The molecule has 0 aromatic carbocycles. The van der Waals surface area contributed by atoms with Gasteiger partial charge in [-0.2, -0.15) is 9.61 Å². The summed E-state index contributed by atoms with van der Waals surface area (Å²) >= 11 is 0. The van der Waals surface area contributed by atoms with Gasteiger partial charge < -0.3 is 5.32 Å². The first kappa shape index (κ1) is 16.1. The maximum absolute atomic E-state index is 4.76. The van der Waals surface area contributed by atoms with E-state index in [2.05, 4.69) is 48.3 Å². The minimum absolute atomic E-state index is 0.218. The summed E-state index contributed by atoms with van der Waals surface area (Å²) in [6, 6.07) is 8.62. The molecule has 0 radical (unpaired) electrons. The average Bonchev–Trinajstić information content (AvgIpc) is 3.32. The highest BCUT2D eigenvalue weighted by Gasteiger charge is 2.34. The van der Waals surface area contributed by atoms with Crippen molar-refractivity contribution in [2.75, 3.05) is 5.32 Å². The molecule has 25 heavy (non-hydrogen) atoms. The van der Waals surface area contributed by atoms with Crippen molar-refractivity contribution in [1.82, 2.24) is 19.6 Å². The molecule has 0 saturated heterocycles. The Bertz CT molecular complexity index is 908. The van der Waals surface area contributed by atoms with Crippen molar-refractivity contribution in [3.63, 3.8) is 0 Å². The first-order valence-electron chi connectivity index (χ1n) is 9.07. The highest BCUT2D eigenvalue weighted by atomic mass is 15.3. The Morgan fingerprint density at radius 1 is 1.12 bits per heavy atom. The van der Waals surface area contributed by atoms with Gasteiger partial charge >= 0.3 is 0 Å². The van der Waals surface area contributed by atoms with Crippen LogP contribution in [0.2, 0.25) is 0 Å². The molecular formula is C20H25N5. The molecule has 1 saturated carbocycles. The van der Waals surface area contributed by atoms with E-state index < -0.39 is 0 Å². The first-order chi connectivity index (χ1) is 12.0. The summed E-state index contributed by atoms with van der Waals surface area (Å²) in [4.78, 5) is 9.39. The summed E-state index contributed by atoms with van der Waals surface area (Å²) in [5.41, 5.74) is 5.32. The minimum Gasteiger partial charge on any atom is -0.361 e. The van der Waals surface area contributed by atoms with Crippen LogP contribution < -0.4 is 5.32 Å². The zero-order valence-corrected chi connectivity index (χ0v) is 15.3. The Balaban J connectivity index is 1.77. The van der Waals surface area contributed by atoms with Crippen LogP contribution in [0, 0.1) is 19.8 Å². The minimum atomic E-state index is 0.218. The van der Waals surface area contributed by atoms with Crippen LogP contribution in [0.3, 0.4) is 0 Å². The van der Waals surface area contributed by atoms with Crippen molar-refractivity contribution < 1.29 is 0 Å². The molecular weight excluding hydrogens is 310 g/mol. The Kier molecular flexibility index (Phi) is 3.94. The van der Waals surface area contributed by atoms with E-state index in [1.165, 1.54) is 18.4 Å². The summed E-state index contributed by atoms with van der Waals surface area (Å²) in [7, 11) is 0. The van der Waals surface area contributed by atoms with Gasteiger partial charge in [0.25, 0.3) is 0 Å². The highest BCUT2D eigenvalue weighted by molar-refractivity contribution is 5.52. The van der Waals surface area contributed by atoms with Gasteiger partial charge in [-0.1, -0.05) is 13.8 Å². The van der Waals surface area contributed by atoms with Gasteiger partial charge in [-0.25, -0.2) is 4.98 Å². The van der Waals surface area contributed by atoms with Crippen LogP contribution in [0.5, 0.6) is 0 Å². The maximum Gasteiger partial charge on any atom is 0.157 e. The zero-order chi connectivity index (χ0) is 17.6. The number of aromatic nitrogens is 4. The van der Waals surface area contributed by atoms with E-state index in [0.29, 0.717) is 11.8 Å². The van der Waals surface area contributed by atoms with Crippen LogP contribution in [0.1, 0.15) is 61.3 Å². The van der Waals surface area contributed by atoms with Crippen LogP contribution in [0.4, 0.5) is 5.82 Å². The lowest BCUT2D eigenvalue weighted by Crippen LogP contribution is -2.17. The molecule has 3 aromatic rings. The summed E-state index contributed by atoms with van der Waals surface area (Å²) in [5.74, 6) is 2.01. The standard InChI is InChI=1S/C20H25N5/c1-12(2)16-11-19(25-18(22-16)10-14(4)24-25)23-20(15-5-6-15)17-9-13(3)7-8-21-17/h7-12,15,20,23H,5-6H2,1-4H3. The van der Waals surface area contributed by atoms with Crippen molar-refractivity contribution in [3.8, 4) is 0 Å². The number of fused-ring (bicyclic) bond motifs is 1. The van der Waals surface area contributed by atoms with Gasteiger partial charge in [0.1, 0.15) is 5.82 Å². The molecule has 5 nitrogen and oxygen atoms in total. The Morgan fingerprint density at radius 3 is 2.60 bits per heavy atom. The quantitative estimate of drug-likeness (QED) is 0.749. The zero-order valence-electron chi connectivity index (χ0n) is 15.3. The molecule has 3 heterocycles. The Labute approximate surface area is 148 Å². The molecule has 1 atom stereocenters. The van der Waals surface area contributed by atoms with E-state index in [4.69, 9.17) is 4.98 Å². The third-order valence-electron chi connectivity index (χ3n) is 4.81. The molecule has 1 N–H and O–H groups in total. The maximum atomic E-state index is 4.76. The Hall–Kier alpha value is -2.43. The largest absolute Gasteiger partial charge is 0.361 e. The van der Waals surface area contributed by atoms with Gasteiger partial charge in [0.15, 0.2) is 5.65 Å². The van der Waals surface area contributed by atoms with Crippen molar-refractivity contribution in [1.29, 1.82) is 0 Å². The lowest BCUT2D eigenvalue weighted by molar-refractivity contribution is 0.648. The Morgan fingerprint density at radius 2 is 1.92 bits per heavy atom. The van der Waals surface area contributed by atoms with E-state index in [1.54, 1.807) is 0 Å². The highest BCUT2D eigenvalue weighted by Crippen LogP contribution is 2.42. The van der Waals surface area contributed by atoms with Crippen molar-refractivity contribution >= 4 is 11.5 Å². The summed E-state index contributed by atoms with van der Waals surface area (Å²) in [6.07, 6.45) is 4.40. The number of hydrogen-bond acceptors (Lipinski definition) is 4. The van der Waals surface area contributed by atoms with Crippen LogP contribution >= 0.6 is 0 Å². The molecule has 1 fully saturated rings. The molecule has 0 amide bonds. The summed E-state index contributed by atoms with van der Waals surface area (Å²) < 4.78 is 1.92. The van der Waals surface area contributed by atoms with Gasteiger partial charge in [0.05, 0.1) is 17.4 Å². The molecule has 130 valence electrons.